The molecule has 13 heteroatoms. The van der Waals surface area contributed by atoms with Gasteiger partial charge in [0.15, 0.2) is 11.3 Å². The van der Waals surface area contributed by atoms with E-state index in [0.29, 0.717) is 5.56 Å². The number of nitrogens with zero attached hydrogens (tertiary/aromatic N) is 3. The number of aryl methyl sites for hydroxylation is 1. The molecule has 2 heterocycles. The van der Waals surface area contributed by atoms with E-state index in [9.17, 15) is 32.7 Å². The molecule has 30 heavy (non-hydrogen) atoms. The Morgan fingerprint density at radius 1 is 1.23 bits per heavy atom. The fraction of sp³-hybridized carbons (Fsp3) is 0.176. The van der Waals surface area contributed by atoms with Crippen molar-refractivity contribution in [2.45, 2.75) is 6.36 Å². The van der Waals surface area contributed by atoms with Crippen LogP contribution in [0.3, 0.4) is 0 Å². The van der Waals surface area contributed by atoms with Gasteiger partial charge in [0, 0.05) is 12.6 Å². The van der Waals surface area contributed by atoms with Gasteiger partial charge in [-0.05, 0) is 30.3 Å². The van der Waals surface area contributed by atoms with E-state index in [-0.39, 0.29) is 11.2 Å². The second-order valence-corrected chi connectivity index (χ2v) is 6.01. The van der Waals surface area contributed by atoms with Gasteiger partial charge in [-0.3, -0.25) is 14.4 Å². The van der Waals surface area contributed by atoms with Crippen molar-refractivity contribution in [2.24, 2.45) is 7.05 Å². The number of alkyl halides is 3. The number of carbonyl (C=O) groups excluding carboxylic acids is 1. The number of hydrogen-bond donors (Lipinski definition) is 3. The van der Waals surface area contributed by atoms with Gasteiger partial charge in [-0.25, -0.2) is 4.68 Å². The van der Waals surface area contributed by atoms with Gasteiger partial charge in [0.25, 0.3) is 11.5 Å². The van der Waals surface area contributed by atoms with Gasteiger partial charge < -0.3 is 20.3 Å². The standard InChI is InChI=1S/C17H13F3N4O6/c1-23-16(29)13(15(28)21-7-12(25)26)14(27)11-6-10(22-24(11)23)8-2-4-9(5-3-8)30-17(18,19)20/h2-6,27H,7H2,1H3,(H,21,28)(H,25,26). The minimum atomic E-state index is -4.84. The molecule has 0 radical (unpaired) electrons. The highest BCUT2D eigenvalue weighted by Gasteiger charge is 2.31. The van der Waals surface area contributed by atoms with E-state index < -0.39 is 47.4 Å². The molecule has 0 bridgehead atoms. The summed E-state index contributed by atoms with van der Waals surface area (Å²) in [6.07, 6.45) is -4.84. The summed E-state index contributed by atoms with van der Waals surface area (Å²) < 4.78 is 42.5. The predicted octanol–water partition coefficient (Wildman–Crippen LogP) is 1.12. The van der Waals surface area contributed by atoms with Crippen LogP contribution in [-0.4, -0.2) is 49.4 Å². The van der Waals surface area contributed by atoms with E-state index in [1.165, 1.54) is 25.2 Å². The quantitative estimate of drug-likeness (QED) is 0.556. The van der Waals surface area contributed by atoms with Crippen LogP contribution in [0.4, 0.5) is 13.2 Å². The number of hydrogen-bond acceptors (Lipinski definition) is 6. The molecule has 2 aromatic heterocycles. The summed E-state index contributed by atoms with van der Waals surface area (Å²) in [6.45, 7) is -0.760. The molecule has 158 valence electrons. The highest BCUT2D eigenvalue weighted by molar-refractivity contribution is 5.99. The van der Waals surface area contributed by atoms with E-state index in [1.54, 1.807) is 0 Å². The van der Waals surface area contributed by atoms with Gasteiger partial charge in [-0.2, -0.15) is 9.73 Å². The first-order valence-corrected chi connectivity index (χ1v) is 8.16. The second-order valence-electron chi connectivity index (χ2n) is 6.01. The van der Waals surface area contributed by atoms with Crippen LogP contribution >= 0.6 is 0 Å². The lowest BCUT2D eigenvalue weighted by atomic mass is 10.1. The van der Waals surface area contributed by atoms with Crippen LogP contribution in [0, 0.1) is 0 Å². The summed E-state index contributed by atoms with van der Waals surface area (Å²) in [4.78, 5) is 35.2. The smallest absolute Gasteiger partial charge is 0.505 e. The Morgan fingerprint density at radius 3 is 2.43 bits per heavy atom. The van der Waals surface area contributed by atoms with Gasteiger partial charge in [0.05, 0.1) is 5.69 Å². The number of halogens is 3. The number of rotatable bonds is 5. The molecule has 3 aromatic rings. The molecule has 0 aliphatic heterocycles. The van der Waals surface area contributed by atoms with E-state index >= 15 is 0 Å². The average molecular weight is 426 g/mol. The summed E-state index contributed by atoms with van der Waals surface area (Å²) >= 11 is 0. The van der Waals surface area contributed by atoms with Crippen molar-refractivity contribution >= 4 is 17.4 Å². The number of aromatic nitrogens is 3. The van der Waals surface area contributed by atoms with E-state index in [0.717, 1.165) is 21.4 Å². The number of aromatic hydroxyl groups is 1. The highest BCUT2D eigenvalue weighted by Crippen LogP contribution is 2.29. The summed E-state index contributed by atoms with van der Waals surface area (Å²) in [5.74, 6) is -3.60. The van der Waals surface area contributed by atoms with Crippen molar-refractivity contribution in [2.75, 3.05) is 6.54 Å². The summed E-state index contributed by atoms with van der Waals surface area (Å²) in [5, 5.41) is 25.1. The van der Waals surface area contributed by atoms with Crippen LogP contribution < -0.4 is 15.6 Å². The lowest BCUT2D eigenvalue weighted by molar-refractivity contribution is -0.274. The average Bonchev–Trinajstić information content (AvgIpc) is 3.10. The molecule has 10 nitrogen and oxygen atoms in total. The van der Waals surface area contributed by atoms with Gasteiger partial charge in [-0.15, -0.1) is 13.2 Å². The Labute approximate surface area is 164 Å². The molecular formula is C17H13F3N4O6. The fourth-order valence-electron chi connectivity index (χ4n) is 2.66. The van der Waals surface area contributed by atoms with Crippen LogP contribution in [0.5, 0.6) is 11.5 Å². The normalized spacial score (nSPS) is 11.5. The molecule has 0 saturated heterocycles. The Hall–Kier alpha value is -4.03. The van der Waals surface area contributed by atoms with Crippen molar-refractivity contribution in [1.82, 2.24) is 19.7 Å². The van der Waals surface area contributed by atoms with Gasteiger partial charge >= 0.3 is 12.3 Å². The monoisotopic (exact) mass is 426 g/mol. The first-order chi connectivity index (χ1) is 14.0. The largest absolute Gasteiger partial charge is 0.573 e. The third-order valence-corrected chi connectivity index (χ3v) is 3.97. The first kappa shape index (κ1) is 20.7. The lowest BCUT2D eigenvalue weighted by Gasteiger charge is -2.09. The Morgan fingerprint density at radius 2 is 1.87 bits per heavy atom. The topological polar surface area (TPSA) is 135 Å². The highest BCUT2D eigenvalue weighted by atomic mass is 19.4. The van der Waals surface area contributed by atoms with Crippen molar-refractivity contribution < 1.29 is 37.7 Å². The summed E-state index contributed by atoms with van der Waals surface area (Å²) in [5.41, 5.74) is -1.14. The first-order valence-electron chi connectivity index (χ1n) is 8.16. The van der Waals surface area contributed by atoms with Crippen molar-refractivity contribution in [3.8, 4) is 22.8 Å². The number of carboxylic acid groups (broad SMARTS) is 1. The number of amides is 1. The number of carbonyl (C=O) groups is 2. The number of aliphatic carboxylic acids is 1. The molecular weight excluding hydrogens is 413 g/mol. The fourth-order valence-corrected chi connectivity index (χ4v) is 2.66. The van der Waals surface area contributed by atoms with E-state index in [2.05, 4.69) is 9.84 Å². The molecule has 0 aliphatic rings. The lowest BCUT2D eigenvalue weighted by Crippen LogP contribution is -2.36. The second kappa shape index (κ2) is 7.42. The molecule has 0 saturated carbocycles. The summed E-state index contributed by atoms with van der Waals surface area (Å²) in [6, 6.07) is 6.02. The van der Waals surface area contributed by atoms with Crippen LogP contribution in [0.2, 0.25) is 0 Å². The molecule has 0 unspecified atom stereocenters. The third kappa shape index (κ3) is 4.04. The van der Waals surface area contributed by atoms with E-state index in [1.807, 2.05) is 5.32 Å². The zero-order valence-electron chi connectivity index (χ0n) is 15.1. The maximum atomic E-state index is 12.4. The van der Waals surface area contributed by atoms with Gasteiger partial charge in [-0.1, -0.05) is 0 Å². The van der Waals surface area contributed by atoms with Crippen LogP contribution in [-0.2, 0) is 11.8 Å². The Balaban J connectivity index is 2.03. The van der Waals surface area contributed by atoms with Gasteiger partial charge in [0.2, 0.25) is 0 Å². The number of carboxylic acids is 1. The molecule has 1 amide bonds. The Bertz CT molecular complexity index is 1200. The maximum absolute atomic E-state index is 12.4. The minimum absolute atomic E-state index is 0.0526. The maximum Gasteiger partial charge on any atom is 0.573 e. The zero-order chi connectivity index (χ0) is 22.2. The number of benzene rings is 1. The van der Waals surface area contributed by atoms with Crippen molar-refractivity contribution in [3.63, 3.8) is 0 Å². The van der Waals surface area contributed by atoms with Crippen molar-refractivity contribution in [1.29, 1.82) is 0 Å². The van der Waals surface area contributed by atoms with Crippen LogP contribution in [0.1, 0.15) is 10.4 Å². The Kier molecular flexibility index (Phi) is 5.12. The number of ether oxygens (including phenoxy) is 1. The number of fused-ring (bicyclic) bond motifs is 1. The van der Waals surface area contributed by atoms with Crippen LogP contribution in [0.25, 0.3) is 16.8 Å². The predicted molar refractivity (Wildman–Crippen MR) is 94.2 cm³/mol. The molecule has 0 aliphatic carbocycles. The summed E-state index contributed by atoms with van der Waals surface area (Å²) in [7, 11) is 1.26. The molecule has 3 N–H and O–H groups in total. The van der Waals surface area contributed by atoms with Crippen molar-refractivity contribution in [3.05, 3.63) is 46.2 Å². The SMILES string of the molecule is Cn1c(=O)c(C(=O)NCC(=O)O)c(O)c2cc(-c3ccc(OC(F)(F)F)cc3)nn21. The van der Waals surface area contributed by atoms with E-state index in [4.69, 9.17) is 5.11 Å². The molecule has 0 atom stereocenters. The minimum Gasteiger partial charge on any atom is -0.505 e. The van der Waals surface area contributed by atoms with Crippen LogP contribution in [0.15, 0.2) is 35.1 Å². The molecule has 3 rings (SSSR count). The zero-order valence-corrected chi connectivity index (χ0v) is 15.1. The molecule has 0 spiro atoms. The third-order valence-electron chi connectivity index (χ3n) is 3.97. The molecule has 1 aromatic carbocycles. The molecule has 0 fully saturated rings. The number of nitrogens with one attached hydrogen (secondary N) is 1. The van der Waals surface area contributed by atoms with Gasteiger partial charge in [0.1, 0.15) is 17.8 Å².